The van der Waals surface area contributed by atoms with Gasteiger partial charge in [-0.1, -0.05) is 0 Å². The van der Waals surface area contributed by atoms with Gasteiger partial charge in [-0.25, -0.2) is 4.79 Å². The molecule has 0 spiro atoms. The standard InChI is InChI=1S/C22H27F3N4O6/c1-21(2,3)35-20(31)29-10-13(9-14(29)11-32-4)26-17(30)19-28-27-18(34-19)15-8-12(22(23,24)25)6-7-16(15)33-5/h6-8,13-14H,9-11H2,1-5H3,(H,26,30)/t13-,14+/m1/s1. The molecule has 1 fully saturated rings. The lowest BCUT2D eigenvalue weighted by atomic mass is 10.1. The Balaban J connectivity index is 1.74. The number of benzene rings is 1. The zero-order valence-corrected chi connectivity index (χ0v) is 19.9. The lowest BCUT2D eigenvalue weighted by Crippen LogP contribution is -2.43. The van der Waals surface area contributed by atoms with Crippen molar-refractivity contribution in [1.82, 2.24) is 20.4 Å². The highest BCUT2D eigenvalue weighted by atomic mass is 19.4. The lowest BCUT2D eigenvalue weighted by Gasteiger charge is -2.28. The number of halogens is 3. The van der Waals surface area contributed by atoms with Crippen molar-refractivity contribution in [2.45, 2.75) is 51.1 Å². The number of methoxy groups -OCH3 is 2. The molecule has 0 radical (unpaired) electrons. The van der Waals surface area contributed by atoms with Gasteiger partial charge in [0.25, 0.3) is 5.89 Å². The van der Waals surface area contributed by atoms with Crippen molar-refractivity contribution in [3.63, 3.8) is 0 Å². The molecule has 192 valence electrons. The third kappa shape index (κ3) is 6.41. The third-order valence-electron chi connectivity index (χ3n) is 5.11. The summed E-state index contributed by atoms with van der Waals surface area (Å²) in [5.41, 5.74) is -1.73. The number of likely N-dealkylation sites (tertiary alicyclic amines) is 1. The Morgan fingerprint density at radius 3 is 2.51 bits per heavy atom. The van der Waals surface area contributed by atoms with Crippen LogP contribution in [0.5, 0.6) is 5.75 Å². The summed E-state index contributed by atoms with van der Waals surface area (Å²) in [6.45, 7) is 5.65. The first kappa shape index (κ1) is 26.3. The van der Waals surface area contributed by atoms with Gasteiger partial charge in [0.15, 0.2) is 0 Å². The first-order chi connectivity index (χ1) is 16.3. The van der Waals surface area contributed by atoms with Gasteiger partial charge in [0.2, 0.25) is 0 Å². The molecule has 1 aromatic heterocycles. The summed E-state index contributed by atoms with van der Waals surface area (Å²) in [6, 6.07) is 2.00. The highest BCUT2D eigenvalue weighted by Crippen LogP contribution is 2.36. The first-order valence-corrected chi connectivity index (χ1v) is 10.7. The number of aromatic nitrogens is 2. The van der Waals surface area contributed by atoms with Gasteiger partial charge >= 0.3 is 24.1 Å². The number of amides is 2. The topological polar surface area (TPSA) is 116 Å². The quantitative estimate of drug-likeness (QED) is 0.641. The van der Waals surface area contributed by atoms with Crippen LogP contribution in [0, 0.1) is 0 Å². The monoisotopic (exact) mass is 500 g/mol. The Bertz CT molecular complexity index is 1070. The largest absolute Gasteiger partial charge is 0.496 e. The van der Waals surface area contributed by atoms with Crippen molar-refractivity contribution in [3.05, 3.63) is 29.7 Å². The van der Waals surface area contributed by atoms with Crippen LogP contribution in [0.3, 0.4) is 0 Å². The van der Waals surface area contributed by atoms with Gasteiger partial charge in [-0.3, -0.25) is 4.79 Å². The number of ether oxygens (including phenoxy) is 3. The van der Waals surface area contributed by atoms with E-state index in [0.717, 1.165) is 18.2 Å². The average molecular weight is 500 g/mol. The normalized spacial score (nSPS) is 18.5. The van der Waals surface area contributed by atoms with Crippen LogP contribution < -0.4 is 10.1 Å². The number of carbonyl (C=O) groups excluding carboxylic acids is 2. The number of hydrogen-bond acceptors (Lipinski definition) is 8. The molecule has 1 aliphatic heterocycles. The predicted molar refractivity (Wildman–Crippen MR) is 116 cm³/mol. The fourth-order valence-electron chi connectivity index (χ4n) is 3.64. The molecule has 0 bridgehead atoms. The molecule has 2 atom stereocenters. The SMILES string of the molecule is COC[C@@H]1C[C@@H](NC(=O)c2nnc(-c3cc(C(F)(F)F)ccc3OC)o2)CN1C(=O)OC(C)(C)C. The van der Waals surface area contributed by atoms with Crippen molar-refractivity contribution >= 4 is 12.0 Å². The fraction of sp³-hybridized carbons (Fsp3) is 0.545. The van der Waals surface area contributed by atoms with E-state index >= 15 is 0 Å². The average Bonchev–Trinajstić information content (AvgIpc) is 3.39. The van der Waals surface area contributed by atoms with Gasteiger partial charge in [-0.05, 0) is 45.4 Å². The molecule has 3 rings (SSSR count). The maximum Gasteiger partial charge on any atom is 0.416 e. The number of carbonyl (C=O) groups is 2. The number of hydrogen-bond donors (Lipinski definition) is 1. The van der Waals surface area contributed by atoms with Gasteiger partial charge in [-0.2, -0.15) is 13.2 Å². The Kier molecular flexibility index (Phi) is 7.58. The second-order valence-corrected chi connectivity index (χ2v) is 8.97. The molecule has 1 aliphatic rings. The Morgan fingerprint density at radius 2 is 1.91 bits per heavy atom. The van der Waals surface area contributed by atoms with Gasteiger partial charge in [0.1, 0.15) is 11.4 Å². The number of nitrogens with zero attached hydrogens (tertiary/aromatic N) is 3. The molecule has 2 aromatic rings. The van der Waals surface area contributed by atoms with E-state index in [1.54, 1.807) is 20.8 Å². The zero-order valence-electron chi connectivity index (χ0n) is 19.9. The van der Waals surface area contributed by atoms with Crippen LogP contribution in [-0.2, 0) is 15.7 Å². The second-order valence-electron chi connectivity index (χ2n) is 8.97. The second kappa shape index (κ2) is 10.1. The highest BCUT2D eigenvalue weighted by molar-refractivity contribution is 5.90. The van der Waals surface area contributed by atoms with Crippen LogP contribution in [0.4, 0.5) is 18.0 Å². The van der Waals surface area contributed by atoms with Crippen LogP contribution in [0.25, 0.3) is 11.5 Å². The molecule has 1 N–H and O–H groups in total. The molecular formula is C22H27F3N4O6. The molecule has 35 heavy (non-hydrogen) atoms. The van der Waals surface area contributed by atoms with Crippen LogP contribution in [0.1, 0.15) is 43.4 Å². The summed E-state index contributed by atoms with van der Waals surface area (Å²) < 4.78 is 60.4. The van der Waals surface area contributed by atoms with Crippen LogP contribution in [-0.4, -0.2) is 72.2 Å². The van der Waals surface area contributed by atoms with Gasteiger partial charge < -0.3 is 28.8 Å². The molecule has 0 aliphatic carbocycles. The van der Waals surface area contributed by atoms with Gasteiger partial charge in [-0.15, -0.1) is 10.2 Å². The molecule has 2 heterocycles. The van der Waals surface area contributed by atoms with Gasteiger partial charge in [0.05, 0.1) is 30.9 Å². The Labute approximate surface area is 199 Å². The summed E-state index contributed by atoms with van der Waals surface area (Å²) in [5, 5.41) is 10.1. The summed E-state index contributed by atoms with van der Waals surface area (Å²) >= 11 is 0. The van der Waals surface area contributed by atoms with E-state index in [0.29, 0.717) is 6.42 Å². The molecule has 1 saturated heterocycles. The molecule has 0 unspecified atom stereocenters. The summed E-state index contributed by atoms with van der Waals surface area (Å²) in [7, 11) is 2.78. The fourth-order valence-corrected chi connectivity index (χ4v) is 3.64. The lowest BCUT2D eigenvalue weighted by molar-refractivity contribution is -0.137. The maximum atomic E-state index is 13.1. The minimum absolute atomic E-state index is 0.0693. The summed E-state index contributed by atoms with van der Waals surface area (Å²) in [5.74, 6) is -1.42. The van der Waals surface area contributed by atoms with Crippen molar-refractivity contribution < 1.29 is 41.4 Å². The molecule has 1 aromatic carbocycles. The van der Waals surface area contributed by atoms with Crippen LogP contribution >= 0.6 is 0 Å². The molecule has 13 heteroatoms. The Hall–Kier alpha value is -3.35. The van der Waals surface area contributed by atoms with E-state index in [2.05, 4.69) is 15.5 Å². The van der Waals surface area contributed by atoms with E-state index in [1.807, 2.05) is 0 Å². The molecule has 10 nitrogen and oxygen atoms in total. The summed E-state index contributed by atoms with van der Waals surface area (Å²) in [6.07, 6.45) is -4.74. The minimum atomic E-state index is -4.59. The van der Waals surface area contributed by atoms with E-state index < -0.39 is 41.3 Å². The van der Waals surface area contributed by atoms with E-state index in [1.165, 1.54) is 19.1 Å². The van der Waals surface area contributed by atoms with E-state index in [4.69, 9.17) is 18.6 Å². The van der Waals surface area contributed by atoms with E-state index in [9.17, 15) is 22.8 Å². The highest BCUT2D eigenvalue weighted by Gasteiger charge is 2.39. The van der Waals surface area contributed by atoms with Gasteiger partial charge in [0, 0.05) is 19.7 Å². The minimum Gasteiger partial charge on any atom is -0.496 e. The van der Waals surface area contributed by atoms with Crippen molar-refractivity contribution in [2.75, 3.05) is 27.4 Å². The smallest absolute Gasteiger partial charge is 0.416 e. The van der Waals surface area contributed by atoms with Crippen molar-refractivity contribution in [1.29, 1.82) is 0 Å². The van der Waals surface area contributed by atoms with Crippen molar-refractivity contribution in [3.8, 4) is 17.2 Å². The van der Waals surface area contributed by atoms with E-state index in [-0.39, 0.29) is 36.4 Å². The maximum absolute atomic E-state index is 13.1. The zero-order chi connectivity index (χ0) is 26.0. The molecule has 2 amide bonds. The van der Waals surface area contributed by atoms with Crippen molar-refractivity contribution in [2.24, 2.45) is 0 Å². The Morgan fingerprint density at radius 1 is 1.20 bits per heavy atom. The summed E-state index contributed by atoms with van der Waals surface area (Å²) in [4.78, 5) is 26.8. The number of rotatable bonds is 6. The predicted octanol–water partition coefficient (Wildman–Crippen LogP) is 3.52. The van der Waals surface area contributed by atoms with Crippen LogP contribution in [0.2, 0.25) is 0 Å². The number of alkyl halides is 3. The third-order valence-corrected chi connectivity index (χ3v) is 5.11. The van der Waals surface area contributed by atoms with Crippen LogP contribution in [0.15, 0.2) is 22.6 Å². The first-order valence-electron chi connectivity index (χ1n) is 10.7. The number of nitrogens with one attached hydrogen (secondary N) is 1. The molecule has 0 saturated carbocycles. The molecular weight excluding hydrogens is 473 g/mol.